The summed E-state index contributed by atoms with van der Waals surface area (Å²) in [5, 5.41) is -0.587. The summed E-state index contributed by atoms with van der Waals surface area (Å²) in [6.07, 6.45) is 0.764. The molecule has 1 atom stereocenters. The van der Waals surface area contributed by atoms with Crippen LogP contribution in [0.5, 0.6) is 0 Å². The first-order chi connectivity index (χ1) is 9.91. The molecule has 1 aromatic carbocycles. The zero-order valence-corrected chi connectivity index (χ0v) is 12.8. The van der Waals surface area contributed by atoms with E-state index in [0.717, 1.165) is 5.56 Å². The SMILES string of the molecule is CS(=O)(=O)[C@@H](CN)C1CN(C(=O)OCc2ccccc2)C1. The van der Waals surface area contributed by atoms with Crippen molar-refractivity contribution in [3.05, 3.63) is 35.9 Å². The van der Waals surface area contributed by atoms with Gasteiger partial charge < -0.3 is 15.4 Å². The van der Waals surface area contributed by atoms with Gasteiger partial charge >= 0.3 is 6.09 Å². The Morgan fingerprint density at radius 2 is 2.00 bits per heavy atom. The summed E-state index contributed by atoms with van der Waals surface area (Å²) < 4.78 is 28.3. The number of rotatable bonds is 5. The summed E-state index contributed by atoms with van der Waals surface area (Å²) in [5.41, 5.74) is 6.43. The van der Waals surface area contributed by atoms with Crippen LogP contribution in [0.2, 0.25) is 0 Å². The van der Waals surface area contributed by atoms with Crippen LogP contribution in [0.15, 0.2) is 30.3 Å². The van der Waals surface area contributed by atoms with Crippen LogP contribution in [-0.2, 0) is 21.2 Å². The van der Waals surface area contributed by atoms with Crippen molar-refractivity contribution in [3.63, 3.8) is 0 Å². The molecule has 0 radical (unpaired) electrons. The van der Waals surface area contributed by atoms with Crippen LogP contribution < -0.4 is 5.73 Å². The van der Waals surface area contributed by atoms with Gasteiger partial charge in [-0.2, -0.15) is 0 Å². The number of ether oxygens (including phenoxy) is 1. The van der Waals surface area contributed by atoms with Crippen molar-refractivity contribution in [2.75, 3.05) is 25.9 Å². The molecule has 0 aromatic heterocycles. The van der Waals surface area contributed by atoms with E-state index < -0.39 is 21.2 Å². The summed E-state index contributed by atoms with van der Waals surface area (Å²) in [6.45, 7) is 1.05. The number of nitrogens with two attached hydrogens (primary N) is 1. The maximum absolute atomic E-state index is 11.8. The second kappa shape index (κ2) is 6.44. The maximum atomic E-state index is 11.8. The van der Waals surface area contributed by atoms with Crippen LogP contribution >= 0.6 is 0 Å². The lowest BCUT2D eigenvalue weighted by atomic mass is 9.96. The van der Waals surface area contributed by atoms with Crippen LogP contribution in [0.4, 0.5) is 4.79 Å². The highest BCUT2D eigenvalue weighted by Crippen LogP contribution is 2.24. The summed E-state index contributed by atoms with van der Waals surface area (Å²) >= 11 is 0. The minimum Gasteiger partial charge on any atom is -0.445 e. The van der Waals surface area contributed by atoms with Crippen molar-refractivity contribution in [2.24, 2.45) is 11.7 Å². The number of benzene rings is 1. The Morgan fingerprint density at radius 3 is 2.52 bits per heavy atom. The van der Waals surface area contributed by atoms with Crippen molar-refractivity contribution in [1.29, 1.82) is 0 Å². The highest BCUT2D eigenvalue weighted by molar-refractivity contribution is 7.91. The average molecular weight is 312 g/mol. The fourth-order valence-electron chi connectivity index (χ4n) is 2.42. The topological polar surface area (TPSA) is 89.7 Å². The Morgan fingerprint density at radius 1 is 1.38 bits per heavy atom. The molecule has 0 spiro atoms. The van der Waals surface area contributed by atoms with Gasteiger partial charge in [-0.3, -0.25) is 0 Å². The van der Waals surface area contributed by atoms with E-state index in [4.69, 9.17) is 10.5 Å². The first-order valence-electron chi connectivity index (χ1n) is 6.76. The molecule has 0 bridgehead atoms. The van der Waals surface area contributed by atoms with Crippen LogP contribution in [-0.4, -0.2) is 50.6 Å². The van der Waals surface area contributed by atoms with Crippen molar-refractivity contribution in [2.45, 2.75) is 11.9 Å². The standard InChI is InChI=1S/C14H20N2O4S/c1-21(18,19)13(7-15)12-8-16(9-12)14(17)20-10-11-5-3-2-4-6-11/h2-6,12-13H,7-10,15H2,1H3/t13-/m0/s1. The fraction of sp³-hybridized carbons (Fsp3) is 0.500. The largest absolute Gasteiger partial charge is 0.445 e. The zero-order valence-electron chi connectivity index (χ0n) is 11.9. The number of carbonyl (C=O) groups excluding carboxylic acids is 1. The van der Waals surface area contributed by atoms with Crippen molar-refractivity contribution in [1.82, 2.24) is 4.90 Å². The van der Waals surface area contributed by atoms with E-state index in [1.54, 1.807) is 0 Å². The predicted octanol–water partition coefficient (Wildman–Crippen LogP) is 0.627. The Labute approximate surface area is 124 Å². The lowest BCUT2D eigenvalue weighted by molar-refractivity contribution is 0.0487. The van der Waals surface area contributed by atoms with E-state index in [0.29, 0.717) is 13.1 Å². The number of hydrogen-bond donors (Lipinski definition) is 1. The second-order valence-corrected chi connectivity index (χ2v) is 7.57. The van der Waals surface area contributed by atoms with Crippen molar-refractivity contribution in [3.8, 4) is 0 Å². The Kier molecular flexibility index (Phi) is 4.84. The smallest absolute Gasteiger partial charge is 0.410 e. The molecule has 0 unspecified atom stereocenters. The molecule has 1 heterocycles. The molecule has 6 nitrogen and oxygen atoms in total. The molecule has 1 aliphatic heterocycles. The lowest BCUT2D eigenvalue weighted by Crippen LogP contribution is -2.57. The fourth-order valence-corrected chi connectivity index (χ4v) is 3.65. The molecule has 1 fully saturated rings. The second-order valence-electron chi connectivity index (χ2n) is 5.31. The molecular weight excluding hydrogens is 292 g/mol. The molecule has 1 aromatic rings. The van der Waals surface area contributed by atoms with Gasteiger partial charge in [0.15, 0.2) is 9.84 Å². The third kappa shape index (κ3) is 3.95. The molecule has 1 saturated heterocycles. The number of carbonyl (C=O) groups is 1. The first kappa shape index (κ1) is 15.8. The van der Waals surface area contributed by atoms with Crippen LogP contribution in [0.3, 0.4) is 0 Å². The van der Waals surface area contributed by atoms with Crippen LogP contribution in [0, 0.1) is 5.92 Å². The van der Waals surface area contributed by atoms with E-state index in [1.807, 2.05) is 30.3 Å². The van der Waals surface area contributed by atoms with Gasteiger partial charge in [0.25, 0.3) is 0 Å². The van der Waals surface area contributed by atoms with E-state index in [1.165, 1.54) is 11.2 Å². The number of hydrogen-bond acceptors (Lipinski definition) is 5. The molecule has 1 amide bonds. The van der Waals surface area contributed by atoms with Gasteiger partial charge in [-0.15, -0.1) is 0 Å². The molecule has 21 heavy (non-hydrogen) atoms. The highest BCUT2D eigenvalue weighted by Gasteiger charge is 2.40. The van der Waals surface area contributed by atoms with Gasteiger partial charge in [0.05, 0.1) is 5.25 Å². The van der Waals surface area contributed by atoms with Crippen LogP contribution in [0.1, 0.15) is 5.56 Å². The number of likely N-dealkylation sites (tertiary alicyclic amines) is 1. The minimum absolute atomic E-state index is 0.0798. The summed E-state index contributed by atoms with van der Waals surface area (Å²) in [6, 6.07) is 9.39. The van der Waals surface area contributed by atoms with Gasteiger partial charge in [-0.25, -0.2) is 13.2 Å². The van der Waals surface area contributed by atoms with Crippen molar-refractivity contribution >= 4 is 15.9 Å². The third-order valence-corrected chi connectivity index (χ3v) is 5.36. The maximum Gasteiger partial charge on any atom is 0.410 e. The highest BCUT2D eigenvalue weighted by atomic mass is 32.2. The molecule has 7 heteroatoms. The number of sulfone groups is 1. The Bertz CT molecular complexity index is 582. The zero-order chi connectivity index (χ0) is 15.5. The van der Waals surface area contributed by atoms with E-state index in [-0.39, 0.29) is 19.1 Å². The van der Waals surface area contributed by atoms with Gasteiger partial charge in [0, 0.05) is 31.8 Å². The minimum atomic E-state index is -3.18. The summed E-state index contributed by atoms with van der Waals surface area (Å²) in [4.78, 5) is 13.3. The Balaban J connectivity index is 1.80. The molecule has 0 aliphatic carbocycles. The van der Waals surface area contributed by atoms with Gasteiger partial charge in [-0.1, -0.05) is 30.3 Å². The monoisotopic (exact) mass is 312 g/mol. The van der Waals surface area contributed by atoms with Gasteiger partial charge in [0.1, 0.15) is 6.61 Å². The van der Waals surface area contributed by atoms with Crippen molar-refractivity contribution < 1.29 is 17.9 Å². The molecule has 116 valence electrons. The van der Waals surface area contributed by atoms with E-state index >= 15 is 0 Å². The molecule has 2 rings (SSSR count). The molecule has 1 aliphatic rings. The predicted molar refractivity (Wildman–Crippen MR) is 79.4 cm³/mol. The Hall–Kier alpha value is -1.60. The number of nitrogens with zero attached hydrogens (tertiary/aromatic N) is 1. The summed E-state index contributed by atoms with van der Waals surface area (Å²) in [5.74, 6) is -0.103. The normalized spacial score (nSPS) is 17.1. The van der Waals surface area contributed by atoms with Crippen LogP contribution in [0.25, 0.3) is 0 Å². The number of amides is 1. The molecule has 0 saturated carbocycles. The average Bonchev–Trinajstić information content (AvgIpc) is 2.39. The lowest BCUT2D eigenvalue weighted by Gasteiger charge is -2.41. The summed E-state index contributed by atoms with van der Waals surface area (Å²) in [7, 11) is -3.18. The third-order valence-electron chi connectivity index (χ3n) is 3.68. The molecular formula is C14H20N2O4S. The van der Waals surface area contributed by atoms with Gasteiger partial charge in [0.2, 0.25) is 0 Å². The quantitative estimate of drug-likeness (QED) is 0.861. The van der Waals surface area contributed by atoms with E-state index in [2.05, 4.69) is 0 Å². The van der Waals surface area contributed by atoms with E-state index in [9.17, 15) is 13.2 Å². The first-order valence-corrected chi connectivity index (χ1v) is 8.72. The van der Waals surface area contributed by atoms with Gasteiger partial charge in [-0.05, 0) is 5.56 Å². The molecule has 2 N–H and O–H groups in total.